The molecule has 102 valence electrons. The van der Waals surface area contributed by atoms with Gasteiger partial charge in [-0.3, -0.25) is 4.90 Å². The van der Waals surface area contributed by atoms with Crippen molar-refractivity contribution in [3.8, 4) is 6.07 Å². The molecule has 0 aromatic heterocycles. The Morgan fingerprint density at radius 2 is 1.84 bits per heavy atom. The molecule has 1 aliphatic heterocycles. The molecule has 2 rings (SSSR count). The molecular weight excluding hydrogens is 255 g/mol. The second kappa shape index (κ2) is 6.04. The largest absolute Gasteiger partial charge is 0.315 e. The highest BCUT2D eigenvalue weighted by Gasteiger charge is 2.25. The summed E-state index contributed by atoms with van der Waals surface area (Å²) in [6.45, 7) is 2.69. The molecule has 19 heavy (non-hydrogen) atoms. The molecule has 1 aromatic carbocycles. The van der Waals surface area contributed by atoms with Crippen molar-refractivity contribution in [2.75, 3.05) is 26.2 Å². The van der Waals surface area contributed by atoms with Crippen LogP contribution in [0.15, 0.2) is 12.1 Å². The van der Waals surface area contributed by atoms with E-state index >= 15 is 0 Å². The summed E-state index contributed by atoms with van der Waals surface area (Å²) in [5.41, 5.74) is -0.108. The van der Waals surface area contributed by atoms with Crippen molar-refractivity contribution < 1.29 is 13.2 Å². The van der Waals surface area contributed by atoms with Gasteiger partial charge in [0.2, 0.25) is 0 Å². The van der Waals surface area contributed by atoms with Crippen LogP contribution in [0.1, 0.15) is 18.0 Å². The number of nitrogens with one attached hydrogen (secondary N) is 1. The molecule has 0 spiro atoms. The monoisotopic (exact) mass is 269 g/mol. The summed E-state index contributed by atoms with van der Waals surface area (Å²) < 4.78 is 39.9. The fourth-order valence-corrected chi connectivity index (χ4v) is 2.22. The van der Waals surface area contributed by atoms with E-state index in [1.807, 2.05) is 6.07 Å². The minimum absolute atomic E-state index is 0.108. The van der Waals surface area contributed by atoms with Crippen molar-refractivity contribution in [3.63, 3.8) is 0 Å². The van der Waals surface area contributed by atoms with Crippen molar-refractivity contribution in [2.45, 2.75) is 12.5 Å². The van der Waals surface area contributed by atoms with Crippen LogP contribution in [0.2, 0.25) is 0 Å². The van der Waals surface area contributed by atoms with Crippen LogP contribution in [0.4, 0.5) is 13.2 Å². The number of halogens is 3. The Labute approximate surface area is 109 Å². The van der Waals surface area contributed by atoms with Crippen LogP contribution >= 0.6 is 0 Å². The maximum absolute atomic E-state index is 13.7. The number of hydrogen-bond acceptors (Lipinski definition) is 3. The zero-order valence-electron chi connectivity index (χ0n) is 10.3. The van der Waals surface area contributed by atoms with Gasteiger partial charge in [0.15, 0.2) is 11.6 Å². The van der Waals surface area contributed by atoms with E-state index < -0.39 is 23.5 Å². The topological polar surface area (TPSA) is 39.1 Å². The molecule has 1 aliphatic rings. The molecular formula is C13H14F3N3. The van der Waals surface area contributed by atoms with Gasteiger partial charge in [-0.1, -0.05) is 0 Å². The highest BCUT2D eigenvalue weighted by atomic mass is 19.2. The highest BCUT2D eigenvalue weighted by Crippen LogP contribution is 2.25. The Kier molecular flexibility index (Phi) is 4.40. The smallest absolute Gasteiger partial charge is 0.161 e. The van der Waals surface area contributed by atoms with Crippen LogP contribution in [0.25, 0.3) is 0 Å². The van der Waals surface area contributed by atoms with E-state index in [4.69, 9.17) is 0 Å². The average molecular weight is 269 g/mol. The van der Waals surface area contributed by atoms with Gasteiger partial charge in [0.05, 0.1) is 6.07 Å². The van der Waals surface area contributed by atoms with Crippen molar-refractivity contribution in [3.05, 3.63) is 35.1 Å². The molecule has 6 heteroatoms. The molecule has 0 radical (unpaired) electrons. The molecule has 1 saturated heterocycles. The maximum Gasteiger partial charge on any atom is 0.161 e. The van der Waals surface area contributed by atoms with Crippen LogP contribution in [0, 0.1) is 28.8 Å². The van der Waals surface area contributed by atoms with Gasteiger partial charge in [-0.15, -0.1) is 0 Å². The summed E-state index contributed by atoms with van der Waals surface area (Å²) in [7, 11) is 0. The zero-order valence-corrected chi connectivity index (χ0v) is 10.3. The van der Waals surface area contributed by atoms with E-state index in [1.165, 1.54) is 0 Å². The normalized spacial score (nSPS) is 18.6. The molecule has 0 bridgehead atoms. The fourth-order valence-electron chi connectivity index (χ4n) is 2.22. The highest BCUT2D eigenvalue weighted by molar-refractivity contribution is 5.27. The second-order valence-corrected chi connectivity index (χ2v) is 4.46. The van der Waals surface area contributed by atoms with Gasteiger partial charge < -0.3 is 5.32 Å². The molecule has 1 atom stereocenters. The first-order valence-electron chi connectivity index (χ1n) is 6.12. The number of benzene rings is 1. The molecule has 1 heterocycles. The number of hydrogen-bond donors (Lipinski definition) is 1. The third-order valence-corrected chi connectivity index (χ3v) is 3.20. The van der Waals surface area contributed by atoms with E-state index in [9.17, 15) is 18.4 Å². The molecule has 1 fully saturated rings. The zero-order chi connectivity index (χ0) is 13.8. The number of rotatable bonds is 2. The van der Waals surface area contributed by atoms with Crippen molar-refractivity contribution in [2.24, 2.45) is 0 Å². The summed E-state index contributed by atoms with van der Waals surface area (Å²) in [5.74, 6) is -3.26. The first kappa shape index (κ1) is 13.8. The van der Waals surface area contributed by atoms with Crippen molar-refractivity contribution in [1.29, 1.82) is 5.26 Å². The summed E-state index contributed by atoms with van der Waals surface area (Å²) >= 11 is 0. The van der Waals surface area contributed by atoms with Gasteiger partial charge in [-0.05, 0) is 19.0 Å². The predicted molar refractivity (Wildman–Crippen MR) is 63.7 cm³/mol. The average Bonchev–Trinajstić information content (AvgIpc) is 2.65. The molecule has 3 nitrogen and oxygen atoms in total. The third kappa shape index (κ3) is 3.06. The van der Waals surface area contributed by atoms with Crippen molar-refractivity contribution >= 4 is 0 Å². The van der Waals surface area contributed by atoms with Gasteiger partial charge in [-0.2, -0.15) is 5.26 Å². The minimum Gasteiger partial charge on any atom is -0.315 e. The van der Waals surface area contributed by atoms with E-state index in [0.29, 0.717) is 25.7 Å². The molecule has 0 aliphatic carbocycles. The summed E-state index contributed by atoms with van der Waals surface area (Å²) in [6.07, 6.45) is 0.823. The summed E-state index contributed by atoms with van der Waals surface area (Å²) in [5, 5.41) is 12.4. The van der Waals surface area contributed by atoms with Gasteiger partial charge >= 0.3 is 0 Å². The van der Waals surface area contributed by atoms with Crippen LogP contribution in [-0.2, 0) is 0 Å². The first-order valence-corrected chi connectivity index (χ1v) is 6.12. The lowest BCUT2D eigenvalue weighted by Crippen LogP contribution is -2.32. The van der Waals surface area contributed by atoms with Gasteiger partial charge in [0.25, 0.3) is 0 Å². The lowest BCUT2D eigenvalue weighted by Gasteiger charge is -2.25. The summed E-state index contributed by atoms with van der Waals surface area (Å²) in [4.78, 5) is 1.77. The Balaban J connectivity index is 2.31. The first-order chi connectivity index (χ1) is 9.13. The maximum atomic E-state index is 13.7. The van der Waals surface area contributed by atoms with E-state index in [-0.39, 0.29) is 5.56 Å². The van der Waals surface area contributed by atoms with Crippen molar-refractivity contribution in [1.82, 2.24) is 10.2 Å². The predicted octanol–water partition coefficient (Wildman–Crippen LogP) is 1.96. The van der Waals surface area contributed by atoms with Crippen LogP contribution < -0.4 is 5.32 Å². The Morgan fingerprint density at radius 1 is 1.11 bits per heavy atom. The molecule has 1 unspecified atom stereocenters. The summed E-state index contributed by atoms with van der Waals surface area (Å²) in [6, 6.07) is 2.34. The number of nitriles is 1. The Morgan fingerprint density at radius 3 is 2.58 bits per heavy atom. The van der Waals surface area contributed by atoms with E-state index in [1.54, 1.807) is 4.90 Å². The van der Waals surface area contributed by atoms with E-state index in [2.05, 4.69) is 5.32 Å². The lowest BCUT2D eigenvalue weighted by atomic mass is 10.0. The van der Waals surface area contributed by atoms with Crippen LogP contribution in [0.5, 0.6) is 0 Å². The Hall–Kier alpha value is -1.58. The van der Waals surface area contributed by atoms with E-state index in [0.717, 1.165) is 19.0 Å². The second-order valence-electron chi connectivity index (χ2n) is 4.46. The SMILES string of the molecule is N#CC(c1cc(F)c(F)cc1F)N1CCCNCC1. The third-order valence-electron chi connectivity index (χ3n) is 3.20. The van der Waals surface area contributed by atoms with Gasteiger partial charge in [-0.25, -0.2) is 13.2 Å². The fraction of sp³-hybridized carbons (Fsp3) is 0.462. The molecule has 0 saturated carbocycles. The Bertz CT molecular complexity index is 491. The molecule has 1 N–H and O–H groups in total. The molecule has 1 aromatic rings. The standard InChI is InChI=1S/C13H14F3N3/c14-10-7-12(16)11(15)6-9(10)13(8-17)19-4-1-2-18-3-5-19/h6-7,13,18H,1-5H2. The number of nitrogens with zero attached hydrogens (tertiary/aromatic N) is 2. The minimum atomic E-state index is -1.24. The van der Waals surface area contributed by atoms with Gasteiger partial charge in [0, 0.05) is 31.3 Å². The van der Waals surface area contributed by atoms with Crippen LogP contribution in [0.3, 0.4) is 0 Å². The van der Waals surface area contributed by atoms with Crippen LogP contribution in [-0.4, -0.2) is 31.1 Å². The quantitative estimate of drug-likeness (QED) is 0.834. The lowest BCUT2D eigenvalue weighted by molar-refractivity contribution is 0.247. The molecule has 0 amide bonds. The van der Waals surface area contributed by atoms with Gasteiger partial charge in [0.1, 0.15) is 11.9 Å².